The quantitative estimate of drug-likeness (QED) is 0.529. The summed E-state index contributed by atoms with van der Waals surface area (Å²) in [5.41, 5.74) is 1.11. The Hall–Kier alpha value is -2.48. The first-order valence-corrected chi connectivity index (χ1v) is 10.5. The number of halogens is 2. The SMILES string of the molecule is Clc1ncc(OCC2CCN2)cc1C#CC#Cc1cc(OC[C@@H]2CCN2)cnc1Cl. The molecule has 8 heteroatoms. The van der Waals surface area contributed by atoms with E-state index < -0.39 is 0 Å². The van der Waals surface area contributed by atoms with Crippen LogP contribution in [0.2, 0.25) is 10.3 Å². The molecule has 0 amide bonds. The fourth-order valence-electron chi connectivity index (χ4n) is 2.76. The molecule has 0 radical (unpaired) electrons. The molecule has 0 aliphatic carbocycles. The van der Waals surface area contributed by atoms with Crippen molar-refractivity contribution in [1.82, 2.24) is 20.6 Å². The predicted octanol–water partition coefficient (Wildman–Crippen LogP) is 2.67. The average Bonchev–Trinajstić information content (AvgIpc) is 2.67. The van der Waals surface area contributed by atoms with Crippen molar-refractivity contribution in [3.63, 3.8) is 0 Å². The number of rotatable bonds is 6. The summed E-state index contributed by atoms with van der Waals surface area (Å²) in [5.74, 6) is 12.6. The van der Waals surface area contributed by atoms with E-state index >= 15 is 0 Å². The second-order valence-electron chi connectivity index (χ2n) is 7.02. The van der Waals surface area contributed by atoms with E-state index in [1.54, 1.807) is 24.5 Å². The summed E-state index contributed by atoms with van der Waals surface area (Å²) in [6.07, 6.45) is 5.41. The van der Waals surface area contributed by atoms with Crippen molar-refractivity contribution < 1.29 is 9.47 Å². The zero-order valence-corrected chi connectivity index (χ0v) is 17.7. The van der Waals surface area contributed by atoms with Gasteiger partial charge in [-0.05, 0) is 49.6 Å². The van der Waals surface area contributed by atoms with E-state index in [0.717, 1.165) is 25.9 Å². The molecule has 30 heavy (non-hydrogen) atoms. The third-order valence-electron chi connectivity index (χ3n) is 4.84. The summed E-state index contributed by atoms with van der Waals surface area (Å²) >= 11 is 12.3. The van der Waals surface area contributed by atoms with Gasteiger partial charge in [-0.15, -0.1) is 0 Å². The molecule has 1 unspecified atom stereocenters. The molecule has 6 nitrogen and oxygen atoms in total. The molecule has 2 fully saturated rings. The summed E-state index contributed by atoms with van der Waals surface area (Å²) in [4.78, 5) is 8.25. The lowest BCUT2D eigenvalue weighted by atomic mass is 10.1. The Morgan fingerprint density at radius 2 is 1.27 bits per heavy atom. The van der Waals surface area contributed by atoms with Gasteiger partial charge in [0, 0.05) is 24.2 Å². The van der Waals surface area contributed by atoms with Gasteiger partial charge in [-0.3, -0.25) is 0 Å². The first-order valence-electron chi connectivity index (χ1n) is 9.73. The average molecular weight is 443 g/mol. The Bertz CT molecular complexity index is 947. The topological polar surface area (TPSA) is 68.3 Å². The van der Waals surface area contributed by atoms with Crippen LogP contribution in [0.4, 0.5) is 0 Å². The number of hydrogen-bond acceptors (Lipinski definition) is 6. The molecular formula is C22H20Cl2N4O2. The Morgan fingerprint density at radius 3 is 1.63 bits per heavy atom. The number of nitrogens with one attached hydrogen (secondary N) is 2. The number of pyridine rings is 2. The fourth-order valence-corrected chi connectivity index (χ4v) is 3.06. The lowest BCUT2D eigenvalue weighted by Crippen LogP contribution is -2.46. The van der Waals surface area contributed by atoms with Crippen molar-refractivity contribution >= 4 is 23.2 Å². The standard InChI is InChI=1S/C22H20Cl2N4O2/c23-21-15(9-19(11-27-21)29-13-17-5-7-25-17)3-1-2-4-16-10-20(12-28-22(16)24)30-14-18-6-8-26-18/h9-12,17-18,25-26H,5-8,13-14H2/t17-,18?/m0/s1. The predicted molar refractivity (Wildman–Crippen MR) is 116 cm³/mol. The molecule has 2 aliphatic heterocycles. The van der Waals surface area contributed by atoms with Gasteiger partial charge in [-0.25, -0.2) is 9.97 Å². The van der Waals surface area contributed by atoms with Crippen molar-refractivity contribution in [3.8, 4) is 35.2 Å². The Morgan fingerprint density at radius 1 is 0.833 bits per heavy atom. The maximum Gasteiger partial charge on any atom is 0.144 e. The van der Waals surface area contributed by atoms with E-state index in [0.29, 0.717) is 58.2 Å². The molecule has 2 atom stereocenters. The molecule has 0 saturated carbocycles. The molecule has 0 aromatic carbocycles. The number of hydrogen-bond donors (Lipinski definition) is 2. The Kier molecular flexibility index (Phi) is 6.94. The Balaban J connectivity index is 1.40. The fraction of sp³-hybridized carbons (Fsp3) is 0.364. The zero-order valence-electron chi connectivity index (χ0n) is 16.2. The summed E-state index contributed by atoms with van der Waals surface area (Å²) in [7, 11) is 0. The summed E-state index contributed by atoms with van der Waals surface area (Å²) in [5, 5.41) is 7.17. The molecule has 2 aromatic heterocycles. The van der Waals surface area contributed by atoms with Crippen molar-refractivity contribution in [1.29, 1.82) is 0 Å². The number of aromatic nitrogens is 2. The van der Waals surface area contributed by atoms with Gasteiger partial charge >= 0.3 is 0 Å². The molecule has 154 valence electrons. The second kappa shape index (κ2) is 10.0. The molecule has 4 heterocycles. The van der Waals surface area contributed by atoms with Gasteiger partial charge in [0.25, 0.3) is 0 Å². The van der Waals surface area contributed by atoms with E-state index in [2.05, 4.69) is 44.3 Å². The van der Waals surface area contributed by atoms with Crippen LogP contribution in [-0.2, 0) is 0 Å². The van der Waals surface area contributed by atoms with Gasteiger partial charge in [-0.1, -0.05) is 23.2 Å². The van der Waals surface area contributed by atoms with Gasteiger partial charge in [0.2, 0.25) is 0 Å². The van der Waals surface area contributed by atoms with Gasteiger partial charge < -0.3 is 20.1 Å². The highest BCUT2D eigenvalue weighted by Gasteiger charge is 2.17. The molecule has 2 saturated heterocycles. The minimum atomic E-state index is 0.304. The Labute approximate surface area is 185 Å². The molecule has 0 bridgehead atoms. The summed E-state index contributed by atoms with van der Waals surface area (Å²) in [6, 6.07) is 4.31. The maximum atomic E-state index is 6.13. The van der Waals surface area contributed by atoms with Crippen LogP contribution in [-0.4, -0.2) is 48.4 Å². The molecule has 2 N–H and O–H groups in total. The molecule has 2 aromatic rings. The molecule has 0 spiro atoms. The molecule has 4 rings (SSSR count). The lowest BCUT2D eigenvalue weighted by Gasteiger charge is -2.27. The van der Waals surface area contributed by atoms with Crippen LogP contribution >= 0.6 is 23.2 Å². The van der Waals surface area contributed by atoms with E-state index in [-0.39, 0.29) is 0 Å². The minimum absolute atomic E-state index is 0.304. The van der Waals surface area contributed by atoms with E-state index in [9.17, 15) is 0 Å². The van der Waals surface area contributed by atoms with Crippen LogP contribution in [0.3, 0.4) is 0 Å². The van der Waals surface area contributed by atoms with Crippen molar-refractivity contribution in [2.24, 2.45) is 0 Å². The number of ether oxygens (including phenoxy) is 2. The maximum absolute atomic E-state index is 6.13. The van der Waals surface area contributed by atoms with Gasteiger partial charge in [0.1, 0.15) is 35.0 Å². The van der Waals surface area contributed by atoms with Crippen LogP contribution in [0, 0.1) is 23.7 Å². The van der Waals surface area contributed by atoms with E-state index in [1.807, 2.05) is 0 Å². The van der Waals surface area contributed by atoms with Gasteiger partial charge in [0.05, 0.1) is 23.5 Å². The van der Waals surface area contributed by atoms with Crippen molar-refractivity contribution in [2.75, 3.05) is 26.3 Å². The third-order valence-corrected chi connectivity index (χ3v) is 5.44. The highest BCUT2D eigenvalue weighted by molar-refractivity contribution is 6.30. The lowest BCUT2D eigenvalue weighted by molar-refractivity contribution is 0.217. The van der Waals surface area contributed by atoms with Crippen LogP contribution < -0.4 is 20.1 Å². The van der Waals surface area contributed by atoms with E-state index in [4.69, 9.17) is 32.7 Å². The minimum Gasteiger partial charge on any atom is -0.490 e. The monoisotopic (exact) mass is 442 g/mol. The largest absolute Gasteiger partial charge is 0.490 e. The third kappa shape index (κ3) is 5.56. The number of nitrogens with zero attached hydrogens (tertiary/aromatic N) is 2. The van der Waals surface area contributed by atoms with Gasteiger partial charge in [-0.2, -0.15) is 0 Å². The summed E-state index contributed by atoms with van der Waals surface area (Å²) in [6.45, 7) is 3.26. The molecule has 2 aliphatic rings. The van der Waals surface area contributed by atoms with Crippen LogP contribution in [0.15, 0.2) is 24.5 Å². The van der Waals surface area contributed by atoms with E-state index in [1.165, 1.54) is 0 Å². The highest BCUT2D eigenvalue weighted by atomic mass is 35.5. The van der Waals surface area contributed by atoms with Crippen LogP contribution in [0.25, 0.3) is 0 Å². The second-order valence-corrected chi connectivity index (χ2v) is 7.74. The normalized spacial score (nSPS) is 19.3. The van der Waals surface area contributed by atoms with Gasteiger partial charge in [0.15, 0.2) is 0 Å². The highest BCUT2D eigenvalue weighted by Crippen LogP contribution is 2.20. The first kappa shape index (κ1) is 20.8. The zero-order chi connectivity index (χ0) is 20.8. The van der Waals surface area contributed by atoms with Crippen LogP contribution in [0.5, 0.6) is 11.5 Å². The van der Waals surface area contributed by atoms with Crippen molar-refractivity contribution in [3.05, 3.63) is 46.0 Å². The summed E-state index contributed by atoms with van der Waals surface area (Å²) < 4.78 is 11.5. The van der Waals surface area contributed by atoms with Crippen LogP contribution in [0.1, 0.15) is 24.0 Å². The first-order chi connectivity index (χ1) is 14.7. The van der Waals surface area contributed by atoms with Crippen molar-refractivity contribution in [2.45, 2.75) is 24.9 Å². The smallest absolute Gasteiger partial charge is 0.144 e. The molecular weight excluding hydrogens is 423 g/mol.